The smallest absolute Gasteiger partial charge is 0.187 e. The molecule has 1 aliphatic heterocycles. The molecule has 0 aromatic carbocycles. The van der Waals surface area contributed by atoms with E-state index in [1.54, 1.807) is 13.0 Å². The summed E-state index contributed by atoms with van der Waals surface area (Å²) in [5, 5.41) is 49.8. The van der Waals surface area contributed by atoms with Crippen molar-refractivity contribution in [2.24, 2.45) is 5.41 Å². The summed E-state index contributed by atoms with van der Waals surface area (Å²) < 4.78 is 11.1. The maximum absolute atomic E-state index is 11.3. The number of aliphatic hydroxyl groups excluding tert-OH is 5. The molecule has 0 aromatic rings. The quantitative estimate of drug-likeness (QED) is 0.396. The lowest BCUT2D eigenvalue weighted by Crippen LogP contribution is -2.60. The Morgan fingerprint density at radius 1 is 1.22 bits per heavy atom. The van der Waals surface area contributed by atoms with Crippen molar-refractivity contribution in [3.63, 3.8) is 0 Å². The summed E-state index contributed by atoms with van der Waals surface area (Å²) in [6.45, 7) is 6.54. The molecule has 1 saturated heterocycles. The van der Waals surface area contributed by atoms with Crippen LogP contribution in [-0.2, 0) is 14.3 Å². The van der Waals surface area contributed by atoms with Crippen LogP contribution in [0.2, 0.25) is 0 Å². The second-order valence-corrected chi connectivity index (χ2v) is 7.95. The van der Waals surface area contributed by atoms with Crippen molar-refractivity contribution < 1.29 is 39.8 Å². The fourth-order valence-electron chi connectivity index (χ4n) is 3.79. The first kappa shape index (κ1) is 22.2. The van der Waals surface area contributed by atoms with Crippen LogP contribution in [0.1, 0.15) is 34.1 Å². The van der Waals surface area contributed by atoms with Crippen LogP contribution >= 0.6 is 0 Å². The van der Waals surface area contributed by atoms with Gasteiger partial charge in [-0.1, -0.05) is 19.9 Å². The van der Waals surface area contributed by atoms with Crippen LogP contribution in [0.15, 0.2) is 23.3 Å². The molecule has 0 spiro atoms. The molecule has 1 aliphatic carbocycles. The van der Waals surface area contributed by atoms with Gasteiger partial charge in [0.2, 0.25) is 0 Å². The van der Waals surface area contributed by atoms with Crippen LogP contribution in [0.25, 0.3) is 0 Å². The minimum absolute atomic E-state index is 0.108. The van der Waals surface area contributed by atoms with Crippen molar-refractivity contribution in [3.8, 4) is 0 Å². The number of hydrogen-bond donors (Lipinski definition) is 5. The molecule has 2 rings (SSSR count). The zero-order chi connectivity index (χ0) is 20.5. The molecule has 5 N–H and O–H groups in total. The predicted molar refractivity (Wildman–Crippen MR) is 95.6 cm³/mol. The summed E-state index contributed by atoms with van der Waals surface area (Å²) in [5.41, 5.74) is 1.11. The largest absolute Gasteiger partial charge is 0.394 e. The fourth-order valence-corrected chi connectivity index (χ4v) is 3.79. The van der Waals surface area contributed by atoms with Crippen LogP contribution in [0, 0.1) is 5.41 Å². The molecule has 0 aromatic heterocycles. The van der Waals surface area contributed by atoms with Crippen LogP contribution in [0.4, 0.5) is 0 Å². The van der Waals surface area contributed by atoms with Crippen LogP contribution in [-0.4, -0.2) is 80.8 Å². The Bertz CT molecular complexity index is 609. The molecule has 7 atom stereocenters. The molecule has 154 valence electrons. The summed E-state index contributed by atoms with van der Waals surface area (Å²) in [7, 11) is 0. The lowest BCUT2D eigenvalue weighted by Gasteiger charge is -2.45. The number of allylic oxidation sites excluding steroid dienone is 3. The van der Waals surface area contributed by atoms with E-state index in [9.17, 15) is 30.3 Å². The second kappa shape index (κ2) is 8.48. The third kappa shape index (κ3) is 4.65. The first-order valence-electron chi connectivity index (χ1n) is 9.03. The normalized spacial score (nSPS) is 39.8. The highest BCUT2D eigenvalue weighted by atomic mass is 16.7. The van der Waals surface area contributed by atoms with Gasteiger partial charge in [-0.25, -0.2) is 0 Å². The molecule has 0 bridgehead atoms. The Hall–Kier alpha value is -1.13. The second-order valence-electron chi connectivity index (χ2n) is 7.95. The minimum Gasteiger partial charge on any atom is -0.394 e. The molecule has 0 radical (unpaired) electrons. The zero-order valence-electron chi connectivity index (χ0n) is 16.1. The molecular weight excluding hydrogens is 356 g/mol. The van der Waals surface area contributed by atoms with E-state index >= 15 is 0 Å². The van der Waals surface area contributed by atoms with Crippen molar-refractivity contribution in [1.29, 1.82) is 0 Å². The third-order valence-corrected chi connectivity index (χ3v) is 5.26. The minimum atomic E-state index is -1.56. The Kier molecular flexibility index (Phi) is 6.96. The van der Waals surface area contributed by atoms with Gasteiger partial charge in [-0.3, -0.25) is 4.79 Å². The van der Waals surface area contributed by atoms with E-state index in [4.69, 9.17) is 9.47 Å². The van der Waals surface area contributed by atoms with E-state index in [-0.39, 0.29) is 5.78 Å². The highest BCUT2D eigenvalue weighted by molar-refractivity contribution is 5.87. The first-order valence-corrected chi connectivity index (χ1v) is 9.03. The van der Waals surface area contributed by atoms with Gasteiger partial charge in [0.15, 0.2) is 12.1 Å². The predicted octanol–water partition coefficient (Wildman–Crippen LogP) is -0.576. The molecule has 0 amide bonds. The number of rotatable bonds is 5. The van der Waals surface area contributed by atoms with E-state index in [1.807, 2.05) is 13.8 Å². The van der Waals surface area contributed by atoms with Gasteiger partial charge in [0.25, 0.3) is 0 Å². The van der Waals surface area contributed by atoms with E-state index in [0.29, 0.717) is 12.0 Å². The monoisotopic (exact) mass is 386 g/mol. The topological polar surface area (TPSA) is 137 Å². The van der Waals surface area contributed by atoms with Gasteiger partial charge in [0.1, 0.15) is 30.5 Å². The number of ketones is 1. The van der Waals surface area contributed by atoms with Crippen molar-refractivity contribution in [1.82, 2.24) is 0 Å². The molecule has 2 aliphatic rings. The average Bonchev–Trinajstić information content (AvgIpc) is 2.57. The van der Waals surface area contributed by atoms with Gasteiger partial charge in [-0.05, 0) is 42.9 Å². The molecule has 0 unspecified atom stereocenters. The Balaban J connectivity index is 2.30. The van der Waals surface area contributed by atoms with E-state index in [1.165, 1.54) is 13.0 Å². The molecular formula is C19H30O8. The summed E-state index contributed by atoms with van der Waals surface area (Å²) in [6, 6.07) is 0. The molecule has 8 nitrogen and oxygen atoms in total. The van der Waals surface area contributed by atoms with E-state index < -0.39 is 54.9 Å². The summed E-state index contributed by atoms with van der Waals surface area (Å²) >= 11 is 0. The molecule has 27 heavy (non-hydrogen) atoms. The summed E-state index contributed by atoms with van der Waals surface area (Å²) in [6.07, 6.45) is -5.26. The van der Waals surface area contributed by atoms with Gasteiger partial charge in [0.05, 0.1) is 12.7 Å². The highest BCUT2D eigenvalue weighted by Gasteiger charge is 2.47. The van der Waals surface area contributed by atoms with Crippen molar-refractivity contribution in [2.75, 3.05) is 6.61 Å². The van der Waals surface area contributed by atoms with Crippen LogP contribution in [0.3, 0.4) is 0 Å². The lowest BCUT2D eigenvalue weighted by atomic mass is 9.70. The number of carbonyl (C=O) groups excluding carboxylic acids is 1. The SMILES string of the molecule is CC(=O)/C=C/C1=C(C)[C@@H](O[C@@H]2O[C@@H](CO)[C@@H](O)[C@@H](O)[C@@H]2O)[C@@H](O)CC1(C)C. The average molecular weight is 386 g/mol. The molecule has 0 saturated carbocycles. The Morgan fingerprint density at radius 2 is 1.85 bits per heavy atom. The fraction of sp³-hybridized carbons (Fsp3) is 0.737. The lowest BCUT2D eigenvalue weighted by molar-refractivity contribution is -0.314. The number of aliphatic hydroxyl groups is 5. The maximum atomic E-state index is 11.3. The maximum Gasteiger partial charge on any atom is 0.187 e. The van der Waals surface area contributed by atoms with Gasteiger partial charge < -0.3 is 35.0 Å². The first-order chi connectivity index (χ1) is 12.5. The van der Waals surface area contributed by atoms with Crippen LogP contribution < -0.4 is 0 Å². The molecule has 8 heteroatoms. The van der Waals surface area contributed by atoms with Crippen LogP contribution in [0.5, 0.6) is 0 Å². The molecule has 1 fully saturated rings. The van der Waals surface area contributed by atoms with Gasteiger partial charge in [0, 0.05) is 0 Å². The van der Waals surface area contributed by atoms with Crippen molar-refractivity contribution in [3.05, 3.63) is 23.3 Å². The summed E-state index contributed by atoms with van der Waals surface area (Å²) in [5.74, 6) is -0.108. The van der Waals surface area contributed by atoms with Gasteiger partial charge >= 0.3 is 0 Å². The van der Waals surface area contributed by atoms with Gasteiger partial charge in [-0.15, -0.1) is 0 Å². The highest BCUT2D eigenvalue weighted by Crippen LogP contribution is 2.42. The zero-order valence-corrected chi connectivity index (χ0v) is 16.1. The Labute approximate surface area is 158 Å². The number of carbonyl (C=O) groups is 1. The standard InChI is InChI=1S/C19H30O8/c1-9(21)5-6-11-10(2)17(12(22)7-19(11,3)4)27-18-16(25)15(24)14(23)13(8-20)26-18/h5-6,12-18,20,22-25H,7-8H2,1-4H3/b6-5+/t12-,13-,14+,15+,16-,17+,18-/m0/s1. The number of ether oxygens (including phenoxy) is 2. The molecule has 1 heterocycles. The number of hydrogen-bond acceptors (Lipinski definition) is 8. The van der Waals surface area contributed by atoms with E-state index in [2.05, 4.69) is 0 Å². The third-order valence-electron chi connectivity index (χ3n) is 5.26. The van der Waals surface area contributed by atoms with Gasteiger partial charge in [-0.2, -0.15) is 0 Å². The Morgan fingerprint density at radius 3 is 2.41 bits per heavy atom. The van der Waals surface area contributed by atoms with Crippen molar-refractivity contribution >= 4 is 5.78 Å². The summed E-state index contributed by atoms with van der Waals surface area (Å²) in [4.78, 5) is 11.3. The van der Waals surface area contributed by atoms with E-state index in [0.717, 1.165) is 5.57 Å². The van der Waals surface area contributed by atoms with Crippen molar-refractivity contribution in [2.45, 2.75) is 77.0 Å².